The zero-order valence-electron chi connectivity index (χ0n) is 12.3. The summed E-state index contributed by atoms with van der Waals surface area (Å²) in [6, 6.07) is 2.21. The molecule has 0 aromatic heterocycles. The van der Waals surface area contributed by atoms with Crippen molar-refractivity contribution in [2.24, 2.45) is 5.92 Å². The van der Waals surface area contributed by atoms with Crippen molar-refractivity contribution >= 4 is 11.9 Å². The third kappa shape index (κ3) is 4.59. The highest BCUT2D eigenvalue weighted by Gasteiger charge is 2.33. The Morgan fingerprint density at radius 2 is 2.10 bits per heavy atom. The van der Waals surface area contributed by atoms with E-state index in [1.54, 1.807) is 0 Å². The third-order valence-corrected chi connectivity index (χ3v) is 4.21. The van der Waals surface area contributed by atoms with Crippen LogP contribution >= 0.6 is 0 Å². The summed E-state index contributed by atoms with van der Waals surface area (Å²) in [7, 11) is 0. The maximum absolute atomic E-state index is 11.9. The van der Waals surface area contributed by atoms with Crippen molar-refractivity contribution in [2.45, 2.75) is 56.9 Å². The highest BCUT2D eigenvalue weighted by atomic mass is 16.5. The van der Waals surface area contributed by atoms with Crippen LogP contribution in [0.1, 0.15) is 51.4 Å². The van der Waals surface area contributed by atoms with Crippen LogP contribution in [0, 0.1) is 17.2 Å². The number of esters is 1. The summed E-state index contributed by atoms with van der Waals surface area (Å²) in [4.78, 5) is 23.5. The quantitative estimate of drug-likeness (QED) is 0.622. The number of allylic oxidation sites excluding steroid dienone is 2. The van der Waals surface area contributed by atoms with Gasteiger partial charge < -0.3 is 10.1 Å². The van der Waals surface area contributed by atoms with Crippen LogP contribution < -0.4 is 5.32 Å². The number of hydrogen-bond acceptors (Lipinski definition) is 4. The maximum atomic E-state index is 11.9. The number of nitriles is 1. The lowest BCUT2D eigenvalue weighted by atomic mass is 9.83. The van der Waals surface area contributed by atoms with E-state index < -0.39 is 5.54 Å². The molecule has 0 unspecified atom stereocenters. The van der Waals surface area contributed by atoms with Gasteiger partial charge in [-0.2, -0.15) is 5.26 Å². The smallest absolute Gasteiger partial charge is 0.306 e. The van der Waals surface area contributed by atoms with Crippen LogP contribution in [0.2, 0.25) is 0 Å². The molecule has 1 saturated carbocycles. The molecule has 21 heavy (non-hydrogen) atoms. The summed E-state index contributed by atoms with van der Waals surface area (Å²) >= 11 is 0. The molecule has 2 rings (SSSR count). The minimum Gasteiger partial charge on any atom is -0.456 e. The first-order chi connectivity index (χ1) is 10.1. The van der Waals surface area contributed by atoms with Crippen molar-refractivity contribution < 1.29 is 14.3 Å². The van der Waals surface area contributed by atoms with Crippen LogP contribution in [0.3, 0.4) is 0 Å². The standard InChI is InChI=1S/C16H22N2O3/c17-12-16(8-4-1-5-9-16)18-14(19)11-21-15(20)10-13-6-2-3-7-13/h2,6,13H,1,3-5,7-11H2,(H,18,19)/t13-/m0/s1. The van der Waals surface area contributed by atoms with E-state index in [1.807, 2.05) is 6.08 Å². The van der Waals surface area contributed by atoms with Gasteiger partial charge in [-0.1, -0.05) is 31.4 Å². The Hall–Kier alpha value is -1.83. The summed E-state index contributed by atoms with van der Waals surface area (Å²) < 4.78 is 5.00. The molecule has 2 aliphatic carbocycles. The van der Waals surface area contributed by atoms with Gasteiger partial charge >= 0.3 is 5.97 Å². The van der Waals surface area contributed by atoms with E-state index in [0.717, 1.165) is 32.1 Å². The van der Waals surface area contributed by atoms with E-state index in [2.05, 4.69) is 17.5 Å². The molecule has 2 aliphatic rings. The number of ether oxygens (including phenoxy) is 1. The fourth-order valence-corrected chi connectivity index (χ4v) is 3.01. The second-order valence-electron chi connectivity index (χ2n) is 5.93. The van der Waals surface area contributed by atoms with Gasteiger partial charge in [-0.15, -0.1) is 0 Å². The molecule has 0 bridgehead atoms. The number of amides is 1. The summed E-state index contributed by atoms with van der Waals surface area (Å²) in [6.07, 6.45) is 10.7. The summed E-state index contributed by atoms with van der Waals surface area (Å²) in [5, 5.41) is 12.0. The van der Waals surface area contributed by atoms with Crippen LogP contribution in [0.25, 0.3) is 0 Å². The van der Waals surface area contributed by atoms with Gasteiger partial charge in [0, 0.05) is 0 Å². The molecule has 0 saturated heterocycles. The normalized spacial score (nSPS) is 23.3. The van der Waals surface area contributed by atoms with Crippen LogP contribution in [-0.2, 0) is 14.3 Å². The molecule has 5 heteroatoms. The largest absolute Gasteiger partial charge is 0.456 e. The molecule has 114 valence electrons. The van der Waals surface area contributed by atoms with E-state index in [9.17, 15) is 14.9 Å². The van der Waals surface area contributed by atoms with Gasteiger partial charge in [-0.3, -0.25) is 9.59 Å². The predicted molar refractivity (Wildman–Crippen MR) is 77.0 cm³/mol. The van der Waals surface area contributed by atoms with E-state index in [-0.39, 0.29) is 24.4 Å². The van der Waals surface area contributed by atoms with Crippen molar-refractivity contribution in [3.8, 4) is 6.07 Å². The van der Waals surface area contributed by atoms with Crippen molar-refractivity contribution in [2.75, 3.05) is 6.61 Å². The first-order valence-electron chi connectivity index (χ1n) is 7.68. The van der Waals surface area contributed by atoms with E-state index in [1.165, 1.54) is 0 Å². The van der Waals surface area contributed by atoms with Crippen molar-refractivity contribution in [3.63, 3.8) is 0 Å². The van der Waals surface area contributed by atoms with Crippen LogP contribution in [-0.4, -0.2) is 24.0 Å². The Kier molecular flexibility index (Phi) is 5.38. The Labute approximate surface area is 125 Å². The molecule has 1 amide bonds. The van der Waals surface area contributed by atoms with Crippen molar-refractivity contribution in [1.82, 2.24) is 5.32 Å². The highest BCUT2D eigenvalue weighted by Crippen LogP contribution is 2.27. The average molecular weight is 290 g/mol. The number of rotatable bonds is 5. The molecule has 0 aromatic rings. The lowest BCUT2D eigenvalue weighted by molar-refractivity contribution is -0.149. The van der Waals surface area contributed by atoms with Crippen molar-refractivity contribution in [3.05, 3.63) is 12.2 Å². The molecule has 0 aliphatic heterocycles. The Morgan fingerprint density at radius 3 is 2.71 bits per heavy atom. The van der Waals surface area contributed by atoms with Crippen LogP contribution in [0.4, 0.5) is 0 Å². The molecule has 1 atom stereocenters. The second kappa shape index (κ2) is 7.26. The molecule has 0 spiro atoms. The number of carbonyl (C=O) groups excluding carboxylic acids is 2. The molecule has 0 radical (unpaired) electrons. The van der Waals surface area contributed by atoms with E-state index in [0.29, 0.717) is 19.3 Å². The lowest BCUT2D eigenvalue weighted by Crippen LogP contribution is -2.50. The van der Waals surface area contributed by atoms with Gasteiger partial charge in [-0.25, -0.2) is 0 Å². The Bertz CT molecular complexity index is 459. The van der Waals surface area contributed by atoms with Gasteiger partial charge in [0.05, 0.1) is 12.5 Å². The summed E-state index contributed by atoms with van der Waals surface area (Å²) in [5.74, 6) is -0.491. The van der Waals surface area contributed by atoms with Crippen LogP contribution in [0.15, 0.2) is 12.2 Å². The number of hydrogen-bond donors (Lipinski definition) is 1. The Balaban J connectivity index is 1.72. The lowest BCUT2D eigenvalue weighted by Gasteiger charge is -2.31. The zero-order valence-corrected chi connectivity index (χ0v) is 12.3. The van der Waals surface area contributed by atoms with E-state index >= 15 is 0 Å². The number of nitrogens with one attached hydrogen (secondary N) is 1. The third-order valence-electron chi connectivity index (χ3n) is 4.21. The van der Waals surface area contributed by atoms with Crippen molar-refractivity contribution in [1.29, 1.82) is 5.26 Å². The number of nitrogens with zero attached hydrogens (tertiary/aromatic N) is 1. The molecular formula is C16H22N2O3. The van der Waals surface area contributed by atoms with Crippen LogP contribution in [0.5, 0.6) is 0 Å². The molecule has 0 aromatic carbocycles. The molecular weight excluding hydrogens is 268 g/mol. The monoisotopic (exact) mass is 290 g/mol. The molecule has 5 nitrogen and oxygen atoms in total. The molecule has 0 heterocycles. The fourth-order valence-electron chi connectivity index (χ4n) is 3.01. The Morgan fingerprint density at radius 1 is 1.33 bits per heavy atom. The number of carbonyl (C=O) groups is 2. The SMILES string of the molecule is N#CC1(NC(=O)COC(=O)C[C@H]2C=CCC2)CCCCC1. The van der Waals surface area contributed by atoms with Gasteiger partial charge in [0.15, 0.2) is 6.61 Å². The summed E-state index contributed by atoms with van der Waals surface area (Å²) in [5.41, 5.74) is -0.768. The summed E-state index contributed by atoms with van der Waals surface area (Å²) in [6.45, 7) is -0.293. The predicted octanol–water partition coefficient (Wildman–Crippen LogP) is 2.23. The fraction of sp³-hybridized carbons (Fsp3) is 0.688. The van der Waals surface area contributed by atoms with Gasteiger partial charge in [0.25, 0.3) is 5.91 Å². The molecule has 1 fully saturated rings. The highest BCUT2D eigenvalue weighted by molar-refractivity contribution is 5.81. The zero-order chi connectivity index (χ0) is 15.1. The van der Waals surface area contributed by atoms with Gasteiger partial charge in [-0.05, 0) is 31.6 Å². The average Bonchev–Trinajstić information content (AvgIpc) is 2.99. The molecule has 1 N–H and O–H groups in total. The van der Waals surface area contributed by atoms with Gasteiger partial charge in [0.2, 0.25) is 0 Å². The minimum absolute atomic E-state index is 0.240. The first-order valence-corrected chi connectivity index (χ1v) is 7.68. The van der Waals surface area contributed by atoms with Gasteiger partial charge in [0.1, 0.15) is 5.54 Å². The topological polar surface area (TPSA) is 79.2 Å². The second-order valence-corrected chi connectivity index (χ2v) is 5.93. The van der Waals surface area contributed by atoms with E-state index in [4.69, 9.17) is 4.74 Å². The minimum atomic E-state index is -0.768. The first kappa shape index (κ1) is 15.6. The maximum Gasteiger partial charge on any atom is 0.306 e.